The number of rotatable bonds is 4. The van der Waals surface area contributed by atoms with E-state index in [-0.39, 0.29) is 0 Å². The highest BCUT2D eigenvalue weighted by Gasteiger charge is 2.14. The second-order valence-electron chi connectivity index (χ2n) is 5.25. The molecule has 3 rings (SSSR count). The highest BCUT2D eigenvalue weighted by molar-refractivity contribution is 6.31. The van der Waals surface area contributed by atoms with Crippen LogP contribution in [0.3, 0.4) is 0 Å². The fourth-order valence-corrected chi connectivity index (χ4v) is 2.85. The second kappa shape index (κ2) is 6.12. The molecular weight excluding hydrogens is 276 g/mol. The molecule has 4 nitrogen and oxygen atoms in total. The zero-order valence-corrected chi connectivity index (χ0v) is 12.4. The summed E-state index contributed by atoms with van der Waals surface area (Å²) in [4.78, 5) is 4.47. The summed E-state index contributed by atoms with van der Waals surface area (Å²) in [6.07, 6.45) is 3.25. The first-order chi connectivity index (χ1) is 9.72. The van der Waals surface area contributed by atoms with Gasteiger partial charge in [-0.1, -0.05) is 11.6 Å². The maximum Gasteiger partial charge on any atom is 0.197 e. The molecule has 0 amide bonds. The molecule has 1 saturated heterocycles. The zero-order chi connectivity index (χ0) is 13.9. The van der Waals surface area contributed by atoms with E-state index >= 15 is 0 Å². The largest absolute Gasteiger partial charge is 0.440 e. The summed E-state index contributed by atoms with van der Waals surface area (Å²) in [5, 5.41) is 4.02. The topological polar surface area (TPSA) is 47.3 Å². The van der Waals surface area contributed by atoms with E-state index in [1.54, 1.807) is 0 Å². The number of hydrogen-bond acceptors (Lipinski definition) is 4. The van der Waals surface area contributed by atoms with Crippen molar-refractivity contribution in [2.24, 2.45) is 0 Å². The molecule has 0 radical (unpaired) electrons. The van der Waals surface area contributed by atoms with Gasteiger partial charge in [0.25, 0.3) is 0 Å². The van der Waals surface area contributed by atoms with Crippen molar-refractivity contribution in [3.8, 4) is 0 Å². The SMILES string of the molecule is Cc1cc(Cl)cc2nc(CCOC3CCNCC3)oc12. The van der Waals surface area contributed by atoms with Crippen LogP contribution in [-0.2, 0) is 11.2 Å². The Morgan fingerprint density at radius 2 is 2.20 bits per heavy atom. The van der Waals surface area contributed by atoms with Crippen molar-refractivity contribution in [3.05, 3.63) is 28.6 Å². The number of nitrogens with zero attached hydrogens (tertiary/aromatic N) is 1. The monoisotopic (exact) mass is 294 g/mol. The van der Waals surface area contributed by atoms with Crippen molar-refractivity contribution >= 4 is 22.7 Å². The Kier molecular flexibility index (Phi) is 4.24. The molecule has 1 N–H and O–H groups in total. The van der Waals surface area contributed by atoms with Crippen molar-refractivity contribution in [3.63, 3.8) is 0 Å². The second-order valence-corrected chi connectivity index (χ2v) is 5.69. The van der Waals surface area contributed by atoms with Crippen molar-refractivity contribution in [2.75, 3.05) is 19.7 Å². The van der Waals surface area contributed by atoms with Gasteiger partial charge in [0.15, 0.2) is 11.5 Å². The Balaban J connectivity index is 1.61. The highest BCUT2D eigenvalue weighted by atomic mass is 35.5. The predicted octanol–water partition coefficient (Wildman–Crippen LogP) is 3.10. The van der Waals surface area contributed by atoms with Crippen LogP contribution in [0.5, 0.6) is 0 Å². The average Bonchev–Trinajstić information content (AvgIpc) is 2.83. The van der Waals surface area contributed by atoms with Crippen LogP contribution in [0.4, 0.5) is 0 Å². The van der Waals surface area contributed by atoms with Gasteiger partial charge in [0.1, 0.15) is 5.52 Å². The van der Waals surface area contributed by atoms with E-state index in [1.165, 1.54) is 0 Å². The third-order valence-corrected chi connectivity index (χ3v) is 3.86. The summed E-state index contributed by atoms with van der Waals surface area (Å²) in [6.45, 7) is 4.73. The van der Waals surface area contributed by atoms with Gasteiger partial charge in [0, 0.05) is 11.4 Å². The first-order valence-corrected chi connectivity index (χ1v) is 7.48. The van der Waals surface area contributed by atoms with Crippen LogP contribution in [0.1, 0.15) is 24.3 Å². The van der Waals surface area contributed by atoms with Crippen molar-refractivity contribution in [1.82, 2.24) is 10.3 Å². The molecule has 0 bridgehead atoms. The lowest BCUT2D eigenvalue weighted by Crippen LogP contribution is -2.32. The van der Waals surface area contributed by atoms with Gasteiger partial charge in [-0.2, -0.15) is 0 Å². The molecule has 108 valence electrons. The Hall–Kier alpha value is -1.10. The molecular formula is C15H19ClN2O2. The lowest BCUT2D eigenvalue weighted by atomic mass is 10.1. The van der Waals surface area contributed by atoms with Crippen LogP contribution >= 0.6 is 11.6 Å². The highest BCUT2D eigenvalue weighted by Crippen LogP contribution is 2.24. The van der Waals surface area contributed by atoms with Gasteiger partial charge in [-0.3, -0.25) is 0 Å². The smallest absolute Gasteiger partial charge is 0.197 e. The molecule has 5 heteroatoms. The first-order valence-electron chi connectivity index (χ1n) is 7.10. The number of nitrogens with one attached hydrogen (secondary N) is 1. The van der Waals surface area contributed by atoms with Crippen LogP contribution in [0.15, 0.2) is 16.5 Å². The minimum atomic E-state index is 0.372. The predicted molar refractivity (Wildman–Crippen MR) is 79.3 cm³/mol. The van der Waals surface area contributed by atoms with Crippen LogP contribution in [0, 0.1) is 6.92 Å². The Bertz CT molecular complexity index is 591. The van der Waals surface area contributed by atoms with Crippen LogP contribution < -0.4 is 5.32 Å². The molecule has 20 heavy (non-hydrogen) atoms. The Labute approximate surface area is 123 Å². The van der Waals surface area contributed by atoms with Gasteiger partial charge >= 0.3 is 0 Å². The number of piperidine rings is 1. The molecule has 1 aliphatic heterocycles. The number of ether oxygens (including phenoxy) is 1. The fourth-order valence-electron chi connectivity index (χ4n) is 2.58. The molecule has 0 aliphatic carbocycles. The maximum atomic E-state index is 6.03. The number of halogens is 1. The molecule has 2 aromatic rings. The van der Waals surface area contributed by atoms with Crippen LogP contribution in [-0.4, -0.2) is 30.8 Å². The fraction of sp³-hybridized carbons (Fsp3) is 0.533. The summed E-state index contributed by atoms with van der Waals surface area (Å²) in [5.41, 5.74) is 2.67. The van der Waals surface area contributed by atoms with Crippen molar-refractivity contribution in [2.45, 2.75) is 32.3 Å². The standard InChI is InChI=1S/C15H19ClN2O2/c1-10-8-11(16)9-13-15(10)20-14(18-13)4-7-19-12-2-5-17-6-3-12/h8-9,12,17H,2-7H2,1H3. The summed E-state index contributed by atoms with van der Waals surface area (Å²) in [5.74, 6) is 0.722. The average molecular weight is 295 g/mol. The Morgan fingerprint density at radius 1 is 1.40 bits per heavy atom. The summed E-state index contributed by atoms with van der Waals surface area (Å²) >= 11 is 6.03. The Morgan fingerprint density at radius 3 is 3.00 bits per heavy atom. The lowest BCUT2D eigenvalue weighted by molar-refractivity contribution is 0.0328. The summed E-state index contributed by atoms with van der Waals surface area (Å²) < 4.78 is 11.7. The summed E-state index contributed by atoms with van der Waals surface area (Å²) in [7, 11) is 0. The minimum absolute atomic E-state index is 0.372. The van der Waals surface area contributed by atoms with E-state index < -0.39 is 0 Å². The van der Waals surface area contributed by atoms with E-state index in [0.717, 1.165) is 48.5 Å². The molecule has 1 aliphatic rings. The van der Waals surface area contributed by atoms with E-state index in [9.17, 15) is 0 Å². The molecule has 0 unspecified atom stereocenters. The van der Waals surface area contributed by atoms with E-state index in [4.69, 9.17) is 20.8 Å². The van der Waals surface area contributed by atoms with Crippen LogP contribution in [0.25, 0.3) is 11.1 Å². The maximum absolute atomic E-state index is 6.03. The number of benzene rings is 1. The van der Waals surface area contributed by atoms with E-state index in [2.05, 4.69) is 10.3 Å². The quantitative estimate of drug-likeness (QED) is 0.941. The molecule has 1 aromatic carbocycles. The molecule has 1 fully saturated rings. The van der Waals surface area contributed by atoms with E-state index in [1.807, 2.05) is 19.1 Å². The van der Waals surface area contributed by atoms with Crippen molar-refractivity contribution < 1.29 is 9.15 Å². The van der Waals surface area contributed by atoms with E-state index in [0.29, 0.717) is 24.2 Å². The lowest BCUT2D eigenvalue weighted by Gasteiger charge is -2.22. The third kappa shape index (κ3) is 3.14. The normalized spacial score (nSPS) is 16.9. The van der Waals surface area contributed by atoms with Gasteiger partial charge < -0.3 is 14.5 Å². The molecule has 0 saturated carbocycles. The molecule has 2 heterocycles. The molecule has 1 aromatic heterocycles. The number of fused-ring (bicyclic) bond motifs is 1. The number of oxazole rings is 1. The van der Waals surface area contributed by atoms with Gasteiger partial charge in [0.2, 0.25) is 0 Å². The minimum Gasteiger partial charge on any atom is -0.440 e. The van der Waals surface area contributed by atoms with Gasteiger partial charge in [-0.25, -0.2) is 4.98 Å². The van der Waals surface area contributed by atoms with Gasteiger partial charge in [0.05, 0.1) is 12.7 Å². The number of aromatic nitrogens is 1. The number of hydrogen-bond donors (Lipinski definition) is 1. The number of aryl methyl sites for hydroxylation is 1. The third-order valence-electron chi connectivity index (χ3n) is 3.64. The van der Waals surface area contributed by atoms with Crippen molar-refractivity contribution in [1.29, 1.82) is 0 Å². The molecule has 0 atom stereocenters. The first kappa shape index (κ1) is 13.9. The van der Waals surface area contributed by atoms with Gasteiger partial charge in [-0.15, -0.1) is 0 Å². The summed E-state index contributed by atoms with van der Waals surface area (Å²) in [6, 6.07) is 3.73. The van der Waals surface area contributed by atoms with Crippen LogP contribution in [0.2, 0.25) is 5.02 Å². The molecule has 0 spiro atoms. The zero-order valence-electron chi connectivity index (χ0n) is 11.6. The van der Waals surface area contributed by atoms with Gasteiger partial charge in [-0.05, 0) is 50.6 Å².